The van der Waals surface area contributed by atoms with Gasteiger partial charge in [-0.1, -0.05) is 25.2 Å². The van der Waals surface area contributed by atoms with Crippen molar-refractivity contribution < 1.29 is 4.74 Å². The van der Waals surface area contributed by atoms with Gasteiger partial charge in [0, 0.05) is 24.7 Å². The van der Waals surface area contributed by atoms with Crippen LogP contribution < -0.4 is 10.1 Å². The molecule has 20 heavy (non-hydrogen) atoms. The van der Waals surface area contributed by atoms with Crippen molar-refractivity contribution in [3.63, 3.8) is 0 Å². The zero-order valence-corrected chi connectivity index (χ0v) is 14.3. The Morgan fingerprint density at radius 1 is 1.10 bits per heavy atom. The molecule has 0 radical (unpaired) electrons. The Balaban J connectivity index is 2.35. The lowest BCUT2D eigenvalue weighted by molar-refractivity contribution is 0.141. The Bertz CT molecular complexity index is 371. The Morgan fingerprint density at radius 3 is 2.30 bits per heavy atom. The quantitative estimate of drug-likeness (QED) is 0.759. The molecule has 0 bridgehead atoms. The number of nitrogens with one attached hydrogen (secondary N) is 1. The van der Waals surface area contributed by atoms with Crippen molar-refractivity contribution in [2.75, 3.05) is 13.2 Å². The maximum Gasteiger partial charge on any atom is 0.294 e. The lowest BCUT2D eigenvalue weighted by Gasteiger charge is -2.29. The van der Waals surface area contributed by atoms with Crippen molar-refractivity contribution in [1.82, 2.24) is 20.4 Å². The van der Waals surface area contributed by atoms with Gasteiger partial charge in [-0.2, -0.15) is 0 Å². The third-order valence-electron chi connectivity index (χ3n) is 3.01. The van der Waals surface area contributed by atoms with Crippen LogP contribution in [0.5, 0.6) is 5.19 Å². The molecular formula is C14H28N4OS. The van der Waals surface area contributed by atoms with Crippen LogP contribution in [0.4, 0.5) is 0 Å². The molecule has 0 aromatic carbocycles. The normalized spacial score (nSPS) is 12.1. The molecule has 0 amide bonds. The van der Waals surface area contributed by atoms with Crippen molar-refractivity contribution in [2.24, 2.45) is 0 Å². The number of ether oxygens (including phenoxy) is 1. The van der Waals surface area contributed by atoms with E-state index in [1.165, 1.54) is 11.3 Å². The Hall–Kier alpha value is -0.720. The highest BCUT2D eigenvalue weighted by Crippen LogP contribution is 2.17. The van der Waals surface area contributed by atoms with Gasteiger partial charge in [0.2, 0.25) is 0 Å². The molecule has 0 saturated heterocycles. The second-order valence-corrected chi connectivity index (χ2v) is 6.80. The van der Waals surface area contributed by atoms with E-state index < -0.39 is 0 Å². The Morgan fingerprint density at radius 2 is 1.75 bits per heavy atom. The van der Waals surface area contributed by atoms with Crippen LogP contribution in [-0.4, -0.2) is 46.4 Å². The van der Waals surface area contributed by atoms with Crippen LogP contribution in [0.1, 0.15) is 46.6 Å². The topological polar surface area (TPSA) is 50.3 Å². The summed E-state index contributed by atoms with van der Waals surface area (Å²) in [6.07, 6.45) is 0. The fourth-order valence-corrected chi connectivity index (χ4v) is 2.67. The second kappa shape index (κ2) is 8.54. The van der Waals surface area contributed by atoms with Crippen LogP contribution >= 0.6 is 11.3 Å². The van der Waals surface area contributed by atoms with E-state index in [4.69, 9.17) is 4.74 Å². The molecular weight excluding hydrogens is 272 g/mol. The third-order valence-corrected chi connectivity index (χ3v) is 3.85. The van der Waals surface area contributed by atoms with Gasteiger partial charge in [0.25, 0.3) is 5.19 Å². The number of aromatic nitrogens is 2. The van der Waals surface area contributed by atoms with Crippen molar-refractivity contribution in [3.05, 3.63) is 5.01 Å². The third kappa shape index (κ3) is 6.15. The second-order valence-electron chi connectivity index (χ2n) is 5.77. The molecule has 0 unspecified atom stereocenters. The van der Waals surface area contributed by atoms with Gasteiger partial charge in [-0.15, -0.1) is 10.2 Å². The highest BCUT2D eigenvalue weighted by Gasteiger charge is 2.13. The predicted octanol–water partition coefficient (Wildman–Crippen LogP) is 2.53. The molecule has 116 valence electrons. The molecule has 0 atom stereocenters. The summed E-state index contributed by atoms with van der Waals surface area (Å²) in [5.74, 6) is 0. The van der Waals surface area contributed by atoms with Crippen LogP contribution in [0.3, 0.4) is 0 Å². The van der Waals surface area contributed by atoms with E-state index in [0.717, 1.165) is 18.1 Å². The summed E-state index contributed by atoms with van der Waals surface area (Å²) in [4.78, 5) is 2.41. The zero-order valence-electron chi connectivity index (χ0n) is 13.5. The smallest absolute Gasteiger partial charge is 0.294 e. The highest BCUT2D eigenvalue weighted by molar-refractivity contribution is 7.13. The van der Waals surface area contributed by atoms with Crippen molar-refractivity contribution >= 4 is 11.3 Å². The molecule has 0 saturated carbocycles. The molecule has 5 nitrogen and oxygen atoms in total. The highest BCUT2D eigenvalue weighted by atomic mass is 32.1. The maximum absolute atomic E-state index is 5.70. The molecule has 1 aromatic rings. The SMILES string of the molecule is CC(C)NCc1nnc(OCCN(C(C)C)C(C)C)s1. The summed E-state index contributed by atoms with van der Waals surface area (Å²) in [5, 5.41) is 13.2. The van der Waals surface area contributed by atoms with Gasteiger partial charge in [0.1, 0.15) is 11.6 Å². The minimum absolute atomic E-state index is 0.453. The average molecular weight is 300 g/mol. The van der Waals surface area contributed by atoms with E-state index >= 15 is 0 Å². The summed E-state index contributed by atoms with van der Waals surface area (Å²) in [6, 6.07) is 1.51. The zero-order chi connectivity index (χ0) is 15.1. The Kier molecular flexibility index (Phi) is 7.40. The molecule has 0 fully saturated rings. The van der Waals surface area contributed by atoms with Crippen LogP contribution in [0, 0.1) is 0 Å². The van der Waals surface area contributed by atoms with Crippen molar-refractivity contribution in [1.29, 1.82) is 0 Å². The largest absolute Gasteiger partial charge is 0.468 e. The lowest BCUT2D eigenvalue weighted by atomic mass is 10.2. The molecule has 1 N–H and O–H groups in total. The Labute approximate surface area is 126 Å². The van der Waals surface area contributed by atoms with E-state index in [1.807, 2.05) is 0 Å². The molecule has 0 aliphatic carbocycles. The van der Waals surface area contributed by atoms with Gasteiger partial charge < -0.3 is 10.1 Å². The standard InChI is InChI=1S/C14H28N4OS/c1-10(2)15-9-13-16-17-14(20-13)19-8-7-18(11(3)4)12(5)6/h10-12,15H,7-9H2,1-6H3. The first kappa shape index (κ1) is 17.3. The summed E-state index contributed by atoms with van der Waals surface area (Å²) < 4.78 is 5.70. The predicted molar refractivity (Wildman–Crippen MR) is 84.4 cm³/mol. The molecule has 0 spiro atoms. The van der Waals surface area contributed by atoms with E-state index in [1.54, 1.807) is 0 Å². The fourth-order valence-electron chi connectivity index (χ4n) is 2.01. The molecule has 1 aromatic heterocycles. The fraction of sp³-hybridized carbons (Fsp3) is 0.857. The number of nitrogens with zero attached hydrogens (tertiary/aromatic N) is 3. The van der Waals surface area contributed by atoms with Gasteiger partial charge in [-0.25, -0.2) is 0 Å². The first-order valence-electron chi connectivity index (χ1n) is 7.34. The van der Waals surface area contributed by atoms with E-state index in [9.17, 15) is 0 Å². The van der Waals surface area contributed by atoms with Crippen LogP contribution in [0.2, 0.25) is 0 Å². The number of hydrogen-bond acceptors (Lipinski definition) is 6. The van der Waals surface area contributed by atoms with Gasteiger partial charge in [-0.05, 0) is 27.7 Å². The van der Waals surface area contributed by atoms with Crippen molar-refractivity contribution in [2.45, 2.75) is 66.2 Å². The van der Waals surface area contributed by atoms with Gasteiger partial charge in [-0.3, -0.25) is 4.90 Å². The first-order valence-corrected chi connectivity index (χ1v) is 8.16. The summed E-state index contributed by atoms with van der Waals surface area (Å²) in [5.41, 5.74) is 0. The molecule has 0 aliphatic heterocycles. The molecule has 1 heterocycles. The van der Waals surface area contributed by atoms with Crippen LogP contribution in [-0.2, 0) is 6.54 Å². The minimum Gasteiger partial charge on any atom is -0.468 e. The summed E-state index contributed by atoms with van der Waals surface area (Å²) >= 11 is 1.52. The van der Waals surface area contributed by atoms with E-state index in [0.29, 0.717) is 29.9 Å². The monoisotopic (exact) mass is 300 g/mol. The number of rotatable bonds is 9. The molecule has 0 aliphatic rings. The van der Waals surface area contributed by atoms with E-state index in [-0.39, 0.29) is 0 Å². The summed E-state index contributed by atoms with van der Waals surface area (Å²) in [7, 11) is 0. The van der Waals surface area contributed by atoms with Gasteiger partial charge in [0.05, 0.1) is 6.54 Å². The van der Waals surface area contributed by atoms with Crippen LogP contribution in [0.15, 0.2) is 0 Å². The maximum atomic E-state index is 5.70. The van der Waals surface area contributed by atoms with E-state index in [2.05, 4.69) is 62.0 Å². The van der Waals surface area contributed by atoms with Crippen molar-refractivity contribution in [3.8, 4) is 5.19 Å². The van der Waals surface area contributed by atoms with Crippen LogP contribution in [0.25, 0.3) is 0 Å². The minimum atomic E-state index is 0.453. The average Bonchev–Trinajstić information content (AvgIpc) is 2.79. The van der Waals surface area contributed by atoms with Gasteiger partial charge in [0.15, 0.2) is 0 Å². The number of hydrogen-bond donors (Lipinski definition) is 1. The lowest BCUT2D eigenvalue weighted by Crippen LogP contribution is -2.39. The molecule has 1 rings (SSSR count). The first-order chi connectivity index (χ1) is 9.40. The van der Waals surface area contributed by atoms with Gasteiger partial charge >= 0.3 is 0 Å². The summed E-state index contributed by atoms with van der Waals surface area (Å²) in [6.45, 7) is 15.4. The molecule has 6 heteroatoms.